The van der Waals surface area contributed by atoms with Gasteiger partial charge in [0.2, 0.25) is 6.08 Å². The van der Waals surface area contributed by atoms with Crippen LogP contribution in [0.3, 0.4) is 0 Å². The molecular weight excluding hydrogens is 254 g/mol. The second kappa shape index (κ2) is 4.66. The molecular formula is C16H15NO3. The third-order valence-electron chi connectivity index (χ3n) is 3.86. The fourth-order valence-electron chi connectivity index (χ4n) is 2.68. The number of hydrogen-bond donors (Lipinski definition) is 0. The first-order chi connectivity index (χ1) is 9.74. The summed E-state index contributed by atoms with van der Waals surface area (Å²) in [5, 5.41) is 2.09. The molecule has 1 aliphatic carbocycles. The maximum Gasteiger partial charge on any atom is 0.235 e. The Morgan fingerprint density at radius 1 is 1.15 bits per heavy atom. The zero-order valence-electron chi connectivity index (χ0n) is 11.5. The minimum absolute atomic E-state index is 0.473. The topological polar surface area (TPSA) is 47.9 Å². The van der Waals surface area contributed by atoms with Gasteiger partial charge < -0.3 is 9.47 Å². The molecule has 1 saturated carbocycles. The maximum absolute atomic E-state index is 10.7. The fourth-order valence-corrected chi connectivity index (χ4v) is 2.68. The van der Waals surface area contributed by atoms with Crippen LogP contribution < -0.4 is 9.47 Å². The molecule has 2 aromatic rings. The molecule has 0 unspecified atom stereocenters. The Labute approximate surface area is 117 Å². The summed E-state index contributed by atoms with van der Waals surface area (Å²) in [6.45, 7) is 0. The van der Waals surface area contributed by atoms with Crippen LogP contribution in [-0.2, 0) is 10.3 Å². The van der Waals surface area contributed by atoms with E-state index in [1.54, 1.807) is 20.3 Å². The van der Waals surface area contributed by atoms with Crippen LogP contribution in [0.5, 0.6) is 11.5 Å². The highest BCUT2D eigenvalue weighted by molar-refractivity contribution is 5.90. The van der Waals surface area contributed by atoms with E-state index in [2.05, 4.69) is 4.99 Å². The Bertz CT molecular complexity index is 708. The van der Waals surface area contributed by atoms with Crippen LogP contribution >= 0.6 is 0 Å². The number of hydrogen-bond acceptors (Lipinski definition) is 4. The highest BCUT2D eigenvalue weighted by Gasteiger charge is 2.47. The van der Waals surface area contributed by atoms with Crippen molar-refractivity contribution < 1.29 is 14.3 Å². The van der Waals surface area contributed by atoms with E-state index in [1.165, 1.54) is 0 Å². The van der Waals surface area contributed by atoms with Gasteiger partial charge in [-0.3, -0.25) is 0 Å². The van der Waals surface area contributed by atoms with Gasteiger partial charge in [0, 0.05) is 5.56 Å². The molecule has 0 N–H and O–H groups in total. The van der Waals surface area contributed by atoms with E-state index in [-0.39, 0.29) is 0 Å². The van der Waals surface area contributed by atoms with E-state index in [9.17, 15) is 4.79 Å². The quantitative estimate of drug-likeness (QED) is 0.632. The lowest BCUT2D eigenvalue weighted by atomic mass is 9.96. The van der Waals surface area contributed by atoms with Gasteiger partial charge in [0.05, 0.1) is 14.2 Å². The molecule has 4 nitrogen and oxygen atoms in total. The van der Waals surface area contributed by atoms with E-state index < -0.39 is 5.54 Å². The third-order valence-corrected chi connectivity index (χ3v) is 3.86. The number of carbonyl (C=O) groups excluding carboxylic acids is 1. The van der Waals surface area contributed by atoms with Crippen molar-refractivity contribution in [3.05, 3.63) is 35.9 Å². The summed E-state index contributed by atoms with van der Waals surface area (Å²) in [7, 11) is 3.27. The summed E-state index contributed by atoms with van der Waals surface area (Å²) in [6, 6.07) is 9.80. The van der Waals surface area contributed by atoms with Crippen LogP contribution in [0.2, 0.25) is 0 Å². The van der Waals surface area contributed by atoms with Crippen molar-refractivity contribution in [3.63, 3.8) is 0 Å². The number of benzene rings is 2. The summed E-state index contributed by atoms with van der Waals surface area (Å²) in [4.78, 5) is 14.8. The van der Waals surface area contributed by atoms with E-state index in [4.69, 9.17) is 9.47 Å². The van der Waals surface area contributed by atoms with Gasteiger partial charge in [-0.2, -0.15) is 4.99 Å². The Kier molecular flexibility index (Phi) is 2.96. The van der Waals surface area contributed by atoms with Crippen LogP contribution in [0.15, 0.2) is 35.3 Å². The molecule has 3 rings (SSSR count). The average Bonchev–Trinajstić information content (AvgIpc) is 3.26. The van der Waals surface area contributed by atoms with Gasteiger partial charge in [0.15, 0.2) is 0 Å². The van der Waals surface area contributed by atoms with Crippen molar-refractivity contribution in [2.24, 2.45) is 4.99 Å². The molecule has 20 heavy (non-hydrogen) atoms. The minimum atomic E-state index is -0.473. The summed E-state index contributed by atoms with van der Waals surface area (Å²) in [6.07, 6.45) is 3.39. The predicted octanol–water partition coefficient (Wildman–Crippen LogP) is 3.18. The van der Waals surface area contributed by atoms with Crippen molar-refractivity contribution in [1.82, 2.24) is 0 Å². The number of nitrogens with zero attached hydrogens (tertiary/aromatic N) is 1. The second-order valence-electron chi connectivity index (χ2n) is 4.96. The van der Waals surface area contributed by atoms with Gasteiger partial charge in [-0.15, -0.1) is 0 Å². The summed E-state index contributed by atoms with van der Waals surface area (Å²) < 4.78 is 10.8. The van der Waals surface area contributed by atoms with E-state index in [1.807, 2.05) is 30.3 Å². The Hall–Kier alpha value is -2.32. The molecule has 0 aromatic heterocycles. The first kappa shape index (κ1) is 12.7. The number of rotatable bonds is 4. The van der Waals surface area contributed by atoms with Crippen LogP contribution in [-0.4, -0.2) is 20.3 Å². The molecule has 0 spiro atoms. The Balaban J connectivity index is 2.33. The molecule has 102 valence electrons. The molecule has 2 aromatic carbocycles. The lowest BCUT2D eigenvalue weighted by Crippen LogP contribution is -2.06. The molecule has 0 atom stereocenters. The zero-order chi connectivity index (χ0) is 14.2. The molecule has 0 saturated heterocycles. The zero-order valence-corrected chi connectivity index (χ0v) is 11.5. The van der Waals surface area contributed by atoms with Crippen LogP contribution in [0.4, 0.5) is 0 Å². The Morgan fingerprint density at radius 2 is 1.90 bits per heavy atom. The van der Waals surface area contributed by atoms with Crippen molar-refractivity contribution in [1.29, 1.82) is 0 Å². The molecule has 0 amide bonds. The summed E-state index contributed by atoms with van der Waals surface area (Å²) >= 11 is 0. The van der Waals surface area contributed by atoms with Crippen molar-refractivity contribution in [3.8, 4) is 11.5 Å². The van der Waals surface area contributed by atoms with Gasteiger partial charge in [0.25, 0.3) is 0 Å². The minimum Gasteiger partial charge on any atom is -0.497 e. The highest BCUT2D eigenvalue weighted by Crippen LogP contribution is 2.54. The monoisotopic (exact) mass is 269 g/mol. The van der Waals surface area contributed by atoms with Crippen LogP contribution in [0, 0.1) is 0 Å². The highest BCUT2D eigenvalue weighted by atomic mass is 16.5. The lowest BCUT2D eigenvalue weighted by molar-refractivity contribution is 0.405. The fraction of sp³-hybridized carbons (Fsp3) is 0.312. The SMILES string of the molecule is COc1ccc2ccc(OC)c(C3(N=C=O)CC3)c2c1. The molecule has 4 heteroatoms. The van der Waals surface area contributed by atoms with Crippen LogP contribution in [0.1, 0.15) is 18.4 Å². The van der Waals surface area contributed by atoms with Gasteiger partial charge in [-0.1, -0.05) is 12.1 Å². The van der Waals surface area contributed by atoms with Crippen molar-refractivity contribution in [2.45, 2.75) is 18.4 Å². The Morgan fingerprint density at radius 3 is 2.50 bits per heavy atom. The standard InChI is InChI=1S/C16H15NO3/c1-19-12-5-3-11-4-6-14(20-2)15(13(11)9-12)16(7-8-16)17-10-18/h3-6,9H,7-8H2,1-2H3. The molecule has 0 radical (unpaired) electrons. The molecule has 1 aliphatic rings. The summed E-state index contributed by atoms with van der Waals surface area (Å²) in [5.74, 6) is 1.53. The van der Waals surface area contributed by atoms with Crippen LogP contribution in [0.25, 0.3) is 10.8 Å². The number of fused-ring (bicyclic) bond motifs is 1. The molecule has 0 bridgehead atoms. The molecule has 0 heterocycles. The summed E-state index contributed by atoms with van der Waals surface area (Å²) in [5.41, 5.74) is 0.485. The van der Waals surface area contributed by atoms with E-state index >= 15 is 0 Å². The number of methoxy groups -OCH3 is 2. The number of isocyanates is 1. The smallest absolute Gasteiger partial charge is 0.235 e. The third kappa shape index (κ3) is 1.86. The number of aliphatic imine (C=N–C) groups is 1. The first-order valence-corrected chi connectivity index (χ1v) is 6.48. The van der Waals surface area contributed by atoms with E-state index in [0.29, 0.717) is 0 Å². The lowest BCUT2D eigenvalue weighted by Gasteiger charge is -2.17. The van der Waals surface area contributed by atoms with Gasteiger partial charge in [0.1, 0.15) is 17.0 Å². The average molecular weight is 269 g/mol. The van der Waals surface area contributed by atoms with Gasteiger partial charge >= 0.3 is 0 Å². The normalized spacial score (nSPS) is 15.5. The van der Waals surface area contributed by atoms with E-state index in [0.717, 1.165) is 40.7 Å². The predicted molar refractivity (Wildman–Crippen MR) is 76.1 cm³/mol. The largest absolute Gasteiger partial charge is 0.497 e. The second-order valence-corrected chi connectivity index (χ2v) is 4.96. The maximum atomic E-state index is 10.7. The van der Waals surface area contributed by atoms with Crippen molar-refractivity contribution in [2.75, 3.05) is 14.2 Å². The van der Waals surface area contributed by atoms with Gasteiger partial charge in [-0.25, -0.2) is 4.79 Å². The van der Waals surface area contributed by atoms with Gasteiger partial charge in [-0.05, 0) is 41.8 Å². The molecule has 0 aliphatic heterocycles. The molecule has 1 fully saturated rings. The first-order valence-electron chi connectivity index (χ1n) is 6.48. The van der Waals surface area contributed by atoms with Crippen molar-refractivity contribution >= 4 is 16.9 Å². The number of ether oxygens (including phenoxy) is 2.